The SMILES string of the molecule is COCN1CCN(S(=O)(=O)c2ccc(C(C)C)cc2)C(C(=O)NCc2ccc(C(F)(F)F)cc2)C1. The molecule has 1 heterocycles. The third-order valence-corrected chi connectivity index (χ3v) is 7.85. The van der Waals surface area contributed by atoms with Crippen LogP contribution < -0.4 is 5.32 Å². The van der Waals surface area contributed by atoms with E-state index in [2.05, 4.69) is 5.32 Å². The number of hydrogen-bond acceptors (Lipinski definition) is 5. The molecule has 1 unspecified atom stereocenters. The van der Waals surface area contributed by atoms with Crippen LogP contribution in [0.25, 0.3) is 0 Å². The van der Waals surface area contributed by atoms with E-state index >= 15 is 0 Å². The van der Waals surface area contributed by atoms with Gasteiger partial charge >= 0.3 is 6.18 Å². The molecular weight excluding hydrogens is 483 g/mol. The Morgan fingerprint density at radius 1 is 1.09 bits per heavy atom. The predicted octanol–water partition coefficient (Wildman–Crippen LogP) is 3.42. The first-order valence-corrected chi connectivity index (χ1v) is 12.6. The highest BCUT2D eigenvalue weighted by atomic mass is 32.2. The van der Waals surface area contributed by atoms with Crippen molar-refractivity contribution in [2.75, 3.05) is 33.5 Å². The highest BCUT2D eigenvalue weighted by Gasteiger charge is 2.40. The van der Waals surface area contributed by atoms with Gasteiger partial charge in [-0.25, -0.2) is 8.42 Å². The van der Waals surface area contributed by atoms with Gasteiger partial charge in [0.05, 0.1) is 17.2 Å². The molecule has 3 rings (SSSR count). The van der Waals surface area contributed by atoms with Gasteiger partial charge < -0.3 is 10.1 Å². The third-order valence-electron chi connectivity index (χ3n) is 5.93. The number of nitrogens with one attached hydrogen (secondary N) is 1. The van der Waals surface area contributed by atoms with E-state index in [0.717, 1.165) is 17.7 Å². The molecule has 0 aromatic heterocycles. The van der Waals surface area contributed by atoms with Crippen LogP contribution in [0.3, 0.4) is 0 Å². The minimum atomic E-state index is -4.45. The van der Waals surface area contributed by atoms with Crippen molar-refractivity contribution >= 4 is 15.9 Å². The van der Waals surface area contributed by atoms with Gasteiger partial charge in [-0.05, 0) is 41.3 Å². The molecule has 0 aliphatic carbocycles. The number of hydrogen-bond donors (Lipinski definition) is 1. The minimum Gasteiger partial charge on any atom is -0.369 e. The van der Waals surface area contributed by atoms with Crippen LogP contribution in [-0.4, -0.2) is 63.0 Å². The lowest BCUT2D eigenvalue weighted by Crippen LogP contribution is -2.60. The Kier molecular flexibility index (Phi) is 8.58. The van der Waals surface area contributed by atoms with Crippen molar-refractivity contribution in [1.82, 2.24) is 14.5 Å². The van der Waals surface area contributed by atoms with Gasteiger partial charge in [-0.15, -0.1) is 0 Å². The van der Waals surface area contributed by atoms with E-state index in [4.69, 9.17) is 4.74 Å². The normalized spacial score (nSPS) is 18.1. The predicted molar refractivity (Wildman–Crippen MR) is 125 cm³/mol. The molecule has 2 aromatic carbocycles. The molecular formula is C24H30F3N3O4S. The Morgan fingerprint density at radius 2 is 1.71 bits per heavy atom. The number of halogens is 3. The largest absolute Gasteiger partial charge is 0.416 e. The van der Waals surface area contributed by atoms with Gasteiger partial charge in [-0.3, -0.25) is 9.69 Å². The van der Waals surface area contributed by atoms with Crippen molar-refractivity contribution in [3.05, 3.63) is 65.2 Å². The summed E-state index contributed by atoms with van der Waals surface area (Å²) in [6.45, 7) is 4.82. The van der Waals surface area contributed by atoms with Gasteiger partial charge in [0.15, 0.2) is 0 Å². The summed E-state index contributed by atoms with van der Waals surface area (Å²) in [6, 6.07) is 10.0. The summed E-state index contributed by atoms with van der Waals surface area (Å²) in [5, 5.41) is 2.67. The molecule has 1 fully saturated rings. The second-order valence-electron chi connectivity index (χ2n) is 8.76. The zero-order valence-corrected chi connectivity index (χ0v) is 20.7. The standard InChI is InChI=1S/C24H30F3N3O4S/c1-17(2)19-6-10-21(11-7-19)35(32,33)30-13-12-29(16-34-3)15-22(30)23(31)28-14-18-4-8-20(9-5-18)24(25,26)27/h4-11,17,22H,12-16H2,1-3H3,(H,28,31). The topological polar surface area (TPSA) is 79.0 Å². The van der Waals surface area contributed by atoms with Crippen molar-refractivity contribution in [3.8, 4) is 0 Å². The van der Waals surface area contributed by atoms with E-state index in [1.807, 2.05) is 18.7 Å². The Morgan fingerprint density at radius 3 is 2.26 bits per heavy atom. The summed E-state index contributed by atoms with van der Waals surface area (Å²) < 4.78 is 71.6. The average molecular weight is 514 g/mol. The fourth-order valence-corrected chi connectivity index (χ4v) is 5.47. The maximum Gasteiger partial charge on any atom is 0.416 e. The van der Waals surface area contributed by atoms with Crippen LogP contribution in [0, 0.1) is 0 Å². The summed E-state index contributed by atoms with van der Waals surface area (Å²) >= 11 is 0. The zero-order valence-electron chi connectivity index (χ0n) is 19.9. The summed E-state index contributed by atoms with van der Waals surface area (Å²) in [6.07, 6.45) is -4.45. The van der Waals surface area contributed by atoms with Gasteiger partial charge in [0.25, 0.3) is 0 Å². The first-order valence-electron chi connectivity index (χ1n) is 11.2. The van der Waals surface area contributed by atoms with Gasteiger partial charge in [0.1, 0.15) is 6.04 Å². The number of sulfonamides is 1. The number of alkyl halides is 3. The molecule has 2 aromatic rings. The van der Waals surface area contributed by atoms with Gasteiger partial charge in [0, 0.05) is 33.3 Å². The maximum atomic E-state index is 13.4. The average Bonchev–Trinajstić information content (AvgIpc) is 2.82. The van der Waals surface area contributed by atoms with Crippen LogP contribution in [0.15, 0.2) is 53.4 Å². The van der Waals surface area contributed by atoms with Crippen molar-refractivity contribution in [1.29, 1.82) is 0 Å². The van der Waals surface area contributed by atoms with Crippen LogP contribution >= 0.6 is 0 Å². The molecule has 35 heavy (non-hydrogen) atoms. The van der Waals surface area contributed by atoms with Crippen LogP contribution in [-0.2, 0) is 32.3 Å². The maximum absolute atomic E-state index is 13.4. The quantitative estimate of drug-likeness (QED) is 0.585. The lowest BCUT2D eigenvalue weighted by atomic mass is 10.0. The van der Waals surface area contributed by atoms with Gasteiger partial charge in [0.2, 0.25) is 15.9 Å². The molecule has 0 bridgehead atoms. The number of ether oxygens (including phenoxy) is 1. The number of nitrogens with zero attached hydrogens (tertiary/aromatic N) is 2. The van der Waals surface area contributed by atoms with E-state index in [-0.39, 0.29) is 37.2 Å². The van der Waals surface area contributed by atoms with E-state index in [9.17, 15) is 26.4 Å². The Labute approximate surface area is 203 Å². The molecule has 11 heteroatoms. The van der Waals surface area contributed by atoms with E-state index in [1.165, 1.54) is 23.5 Å². The number of amides is 1. The fraction of sp³-hybridized carbons (Fsp3) is 0.458. The molecule has 1 atom stereocenters. The number of carbonyl (C=O) groups is 1. The van der Waals surface area contributed by atoms with Crippen LogP contribution in [0.2, 0.25) is 0 Å². The Hall–Kier alpha value is -2.47. The third kappa shape index (κ3) is 6.60. The Bertz CT molecular complexity index is 1100. The lowest BCUT2D eigenvalue weighted by Gasteiger charge is -2.39. The summed E-state index contributed by atoms with van der Waals surface area (Å²) in [5.41, 5.74) is 0.685. The molecule has 0 saturated carbocycles. The van der Waals surface area contributed by atoms with Gasteiger partial charge in [-0.2, -0.15) is 17.5 Å². The van der Waals surface area contributed by atoms with Gasteiger partial charge in [-0.1, -0.05) is 38.1 Å². The molecule has 0 radical (unpaired) electrons. The van der Waals surface area contributed by atoms with Crippen LogP contribution in [0.5, 0.6) is 0 Å². The minimum absolute atomic E-state index is 0.0330. The summed E-state index contributed by atoms with van der Waals surface area (Å²) in [4.78, 5) is 15.0. The number of methoxy groups -OCH3 is 1. The van der Waals surface area contributed by atoms with Crippen LogP contribution in [0.4, 0.5) is 13.2 Å². The van der Waals surface area contributed by atoms with Crippen molar-refractivity contribution in [2.45, 2.75) is 43.4 Å². The zero-order chi connectivity index (χ0) is 25.8. The highest BCUT2D eigenvalue weighted by Crippen LogP contribution is 2.29. The van der Waals surface area contributed by atoms with E-state index in [0.29, 0.717) is 12.1 Å². The number of benzene rings is 2. The second-order valence-corrected chi connectivity index (χ2v) is 10.7. The molecule has 1 saturated heterocycles. The highest BCUT2D eigenvalue weighted by molar-refractivity contribution is 7.89. The van der Waals surface area contributed by atoms with Crippen LogP contribution in [0.1, 0.15) is 36.5 Å². The fourth-order valence-electron chi connectivity index (χ4n) is 3.90. The van der Waals surface area contributed by atoms with E-state index < -0.39 is 33.7 Å². The first-order chi connectivity index (χ1) is 16.4. The van der Waals surface area contributed by atoms with Crippen molar-refractivity contribution in [3.63, 3.8) is 0 Å². The monoisotopic (exact) mass is 513 g/mol. The summed E-state index contributed by atoms with van der Waals surface area (Å²) in [5.74, 6) is -0.291. The molecule has 1 amide bonds. The first kappa shape index (κ1) is 27.1. The molecule has 7 nitrogen and oxygen atoms in total. The summed E-state index contributed by atoms with van der Waals surface area (Å²) in [7, 11) is -2.45. The van der Waals surface area contributed by atoms with E-state index in [1.54, 1.807) is 24.3 Å². The second kappa shape index (κ2) is 11.1. The molecule has 192 valence electrons. The van der Waals surface area contributed by atoms with Crippen molar-refractivity contribution < 1.29 is 31.1 Å². The molecule has 1 N–H and O–H groups in total. The van der Waals surface area contributed by atoms with Crippen molar-refractivity contribution in [2.24, 2.45) is 0 Å². The number of piperazine rings is 1. The molecule has 0 spiro atoms. The Balaban J connectivity index is 1.78. The number of carbonyl (C=O) groups excluding carboxylic acids is 1. The lowest BCUT2D eigenvalue weighted by molar-refractivity contribution is -0.137. The smallest absolute Gasteiger partial charge is 0.369 e. The molecule has 1 aliphatic rings. The molecule has 1 aliphatic heterocycles. The number of rotatable bonds is 8.